The second-order valence-electron chi connectivity index (χ2n) is 8.19. The molecule has 2 aliphatic rings. The van der Waals surface area contributed by atoms with Crippen LogP contribution in [0.5, 0.6) is 0 Å². The average Bonchev–Trinajstić information content (AvgIpc) is 2.77. The Morgan fingerprint density at radius 2 is 1.58 bits per heavy atom. The Morgan fingerprint density at radius 1 is 1.03 bits per heavy atom. The molecule has 2 aliphatic heterocycles. The van der Waals surface area contributed by atoms with Crippen LogP contribution in [-0.4, -0.2) is 42.6 Å². The molecule has 2 saturated heterocycles. The quantitative estimate of drug-likeness (QED) is 0.614. The van der Waals surface area contributed by atoms with Gasteiger partial charge in [-0.1, -0.05) is 76.8 Å². The van der Waals surface area contributed by atoms with Crippen LogP contribution >= 0.6 is 0 Å². The minimum absolute atomic E-state index is 0. The summed E-state index contributed by atoms with van der Waals surface area (Å²) < 4.78 is 0. The van der Waals surface area contributed by atoms with Gasteiger partial charge in [-0.25, -0.2) is 0 Å². The largest absolute Gasteiger partial charge is 0.306 e. The van der Waals surface area contributed by atoms with Gasteiger partial charge in [0.25, 0.3) is 0 Å². The van der Waals surface area contributed by atoms with Crippen LogP contribution in [0.3, 0.4) is 0 Å². The number of Topliss-reactive ketones (excluding diaryl/α,β-unsaturated/α-hetero) is 1. The summed E-state index contributed by atoms with van der Waals surface area (Å²) in [7, 11) is 2.19. The molecule has 2 heterocycles. The number of unbranched alkanes of at least 4 members (excludes halogenated alkanes) is 2. The predicted molar refractivity (Wildman–Crippen MR) is 131 cm³/mol. The summed E-state index contributed by atoms with van der Waals surface area (Å²) in [5.74, 6) is -0.242. The molecular formula is C26H46N2O3. The maximum absolute atomic E-state index is 11.5. The van der Waals surface area contributed by atoms with E-state index in [4.69, 9.17) is 0 Å². The molecule has 0 radical (unpaired) electrons. The Labute approximate surface area is 191 Å². The Kier molecular flexibility index (Phi) is 17.5. The number of nitrogens with one attached hydrogen (secondary N) is 1. The van der Waals surface area contributed by atoms with Gasteiger partial charge in [0.05, 0.1) is 5.92 Å². The van der Waals surface area contributed by atoms with E-state index in [1.807, 2.05) is 37.3 Å². The normalized spacial score (nSPS) is 18.2. The molecule has 0 aliphatic carbocycles. The number of hydrogen-bond donors (Lipinski definition) is 1. The number of likely N-dealkylation sites (tertiary alicyclic amines) is 1. The second-order valence-corrected chi connectivity index (χ2v) is 8.19. The number of piperidine rings is 2. The van der Waals surface area contributed by atoms with Crippen molar-refractivity contribution in [1.82, 2.24) is 10.2 Å². The highest BCUT2D eigenvalue weighted by Gasteiger charge is 2.27. The third-order valence-corrected chi connectivity index (χ3v) is 5.23. The van der Waals surface area contributed by atoms with E-state index < -0.39 is 0 Å². The first-order valence-electron chi connectivity index (χ1n) is 11.9. The molecule has 1 atom stereocenters. The van der Waals surface area contributed by atoms with Gasteiger partial charge in [-0.2, -0.15) is 0 Å². The number of carbonyl (C=O) groups is 3. The monoisotopic (exact) mass is 434 g/mol. The maximum Gasteiger partial charge on any atom is 0.234 e. The van der Waals surface area contributed by atoms with Crippen molar-refractivity contribution < 1.29 is 15.8 Å². The van der Waals surface area contributed by atoms with Gasteiger partial charge in [0.1, 0.15) is 5.78 Å². The van der Waals surface area contributed by atoms with Gasteiger partial charge in [-0.3, -0.25) is 14.9 Å². The molecule has 1 unspecified atom stereocenters. The predicted octanol–water partition coefficient (Wildman–Crippen LogP) is 5.74. The summed E-state index contributed by atoms with van der Waals surface area (Å²) in [5.41, 5.74) is 0.984. The Morgan fingerprint density at radius 3 is 1.94 bits per heavy atom. The lowest BCUT2D eigenvalue weighted by Gasteiger charge is -2.20. The summed E-state index contributed by atoms with van der Waals surface area (Å²) in [5, 5.41) is 2.35. The lowest BCUT2D eigenvalue weighted by Crippen LogP contribution is -2.39. The average molecular weight is 435 g/mol. The first-order chi connectivity index (χ1) is 14.8. The number of imide groups is 1. The Bertz CT molecular complexity index is 615. The first-order valence-corrected chi connectivity index (χ1v) is 11.9. The first kappa shape index (κ1) is 29.0. The molecule has 2 fully saturated rings. The SMILES string of the molecule is CCC(C)=O.CCCCC.CN1CCCCC1.O=C1CCC(c2ccccc2)C(=O)N1.[HH]. The number of ketones is 1. The van der Waals surface area contributed by atoms with E-state index in [9.17, 15) is 14.4 Å². The summed E-state index contributed by atoms with van der Waals surface area (Å²) in [6.45, 7) is 10.5. The topological polar surface area (TPSA) is 66.5 Å². The van der Waals surface area contributed by atoms with E-state index >= 15 is 0 Å². The standard InChI is InChI=1S/C11H11NO2.C6H13N.C5H12.C4H8O.H2/c13-10-7-6-9(11(14)12-10)8-4-2-1-3-5-8;1-7-5-3-2-4-6-7;1-3-5-4-2;1-3-4(2)5;/h1-5,9H,6-7H2,(H,12,13,14);2-6H2,1H3;3-5H2,1-2H3;3H2,1-2H3;1H. The molecule has 31 heavy (non-hydrogen) atoms. The van der Waals surface area contributed by atoms with Crippen LogP contribution in [0.2, 0.25) is 0 Å². The molecule has 0 bridgehead atoms. The van der Waals surface area contributed by atoms with Gasteiger partial charge in [-0.15, -0.1) is 0 Å². The molecular weight excluding hydrogens is 388 g/mol. The van der Waals surface area contributed by atoms with Crippen molar-refractivity contribution >= 4 is 17.6 Å². The minimum Gasteiger partial charge on any atom is -0.306 e. The lowest BCUT2D eigenvalue weighted by atomic mass is 9.91. The Balaban J connectivity index is 0. The highest BCUT2D eigenvalue weighted by Crippen LogP contribution is 2.23. The molecule has 1 aromatic rings. The van der Waals surface area contributed by atoms with Crippen molar-refractivity contribution in [1.29, 1.82) is 0 Å². The van der Waals surface area contributed by atoms with E-state index in [-0.39, 0.29) is 24.9 Å². The van der Waals surface area contributed by atoms with Crippen LogP contribution in [0.1, 0.15) is 98.4 Å². The van der Waals surface area contributed by atoms with Crippen LogP contribution in [0.25, 0.3) is 0 Å². The summed E-state index contributed by atoms with van der Waals surface area (Å²) in [4.78, 5) is 34.6. The second kappa shape index (κ2) is 18.7. The van der Waals surface area contributed by atoms with E-state index in [1.165, 1.54) is 51.6 Å². The summed E-state index contributed by atoms with van der Waals surface area (Å²) >= 11 is 0. The molecule has 2 amide bonds. The van der Waals surface area contributed by atoms with Crippen molar-refractivity contribution in [2.75, 3.05) is 20.1 Å². The third kappa shape index (κ3) is 15.4. The summed E-state index contributed by atoms with van der Waals surface area (Å²) in [6.07, 6.45) is 10.1. The highest BCUT2D eigenvalue weighted by molar-refractivity contribution is 6.00. The zero-order valence-corrected chi connectivity index (χ0v) is 20.4. The number of nitrogens with zero attached hydrogens (tertiary/aromatic N) is 1. The van der Waals surface area contributed by atoms with Crippen molar-refractivity contribution in [2.45, 2.75) is 91.4 Å². The molecule has 0 spiro atoms. The molecule has 1 aromatic carbocycles. The van der Waals surface area contributed by atoms with Gasteiger partial charge in [-0.05, 0) is 51.9 Å². The van der Waals surface area contributed by atoms with Gasteiger partial charge < -0.3 is 9.69 Å². The van der Waals surface area contributed by atoms with Gasteiger partial charge >= 0.3 is 0 Å². The van der Waals surface area contributed by atoms with Crippen molar-refractivity contribution in [3.8, 4) is 0 Å². The molecule has 0 saturated carbocycles. The van der Waals surface area contributed by atoms with Gasteiger partial charge in [0, 0.05) is 14.3 Å². The van der Waals surface area contributed by atoms with Crippen LogP contribution < -0.4 is 5.32 Å². The van der Waals surface area contributed by atoms with Gasteiger partial charge in [0.15, 0.2) is 0 Å². The fourth-order valence-electron chi connectivity index (χ4n) is 3.10. The number of amides is 2. The number of carbonyl (C=O) groups excluding carboxylic acids is 3. The lowest BCUT2D eigenvalue weighted by molar-refractivity contribution is -0.134. The van der Waals surface area contributed by atoms with Gasteiger partial charge in [0.2, 0.25) is 11.8 Å². The molecule has 5 nitrogen and oxygen atoms in total. The fraction of sp³-hybridized carbons (Fsp3) is 0.654. The van der Waals surface area contributed by atoms with E-state index in [2.05, 4.69) is 31.1 Å². The Hall–Kier alpha value is -2.01. The fourth-order valence-corrected chi connectivity index (χ4v) is 3.10. The number of benzene rings is 1. The van der Waals surface area contributed by atoms with E-state index in [0.29, 0.717) is 19.3 Å². The zero-order chi connectivity index (χ0) is 23.5. The van der Waals surface area contributed by atoms with Crippen LogP contribution in [0, 0.1) is 0 Å². The van der Waals surface area contributed by atoms with Crippen LogP contribution in [0.4, 0.5) is 0 Å². The molecule has 3 rings (SSSR count). The van der Waals surface area contributed by atoms with Crippen molar-refractivity contribution in [3.05, 3.63) is 35.9 Å². The minimum atomic E-state index is -0.174. The molecule has 178 valence electrons. The zero-order valence-electron chi connectivity index (χ0n) is 20.4. The molecule has 0 aromatic heterocycles. The van der Waals surface area contributed by atoms with E-state index in [1.54, 1.807) is 6.92 Å². The highest BCUT2D eigenvalue weighted by atomic mass is 16.2. The number of rotatable bonds is 4. The molecule has 1 N–H and O–H groups in total. The van der Waals surface area contributed by atoms with Crippen LogP contribution in [-0.2, 0) is 14.4 Å². The maximum atomic E-state index is 11.5. The van der Waals surface area contributed by atoms with Crippen molar-refractivity contribution in [3.63, 3.8) is 0 Å². The smallest absolute Gasteiger partial charge is 0.234 e. The third-order valence-electron chi connectivity index (χ3n) is 5.23. The van der Waals surface area contributed by atoms with Crippen LogP contribution in [0.15, 0.2) is 30.3 Å². The van der Waals surface area contributed by atoms with Crippen molar-refractivity contribution in [2.24, 2.45) is 0 Å². The van der Waals surface area contributed by atoms with E-state index in [0.717, 1.165) is 5.56 Å². The summed E-state index contributed by atoms with van der Waals surface area (Å²) in [6, 6.07) is 9.55. The number of hydrogen-bond acceptors (Lipinski definition) is 4. The molecule has 5 heteroatoms.